The first-order chi connectivity index (χ1) is 9.27. The summed E-state index contributed by atoms with van der Waals surface area (Å²) in [7, 11) is 0. The van der Waals surface area contributed by atoms with E-state index in [1.807, 2.05) is 0 Å². The van der Waals surface area contributed by atoms with E-state index in [0.717, 1.165) is 0 Å². The molecule has 2 rings (SSSR count). The van der Waals surface area contributed by atoms with Crippen molar-refractivity contribution in [3.63, 3.8) is 0 Å². The van der Waals surface area contributed by atoms with Crippen molar-refractivity contribution in [1.29, 1.82) is 0 Å². The number of hydrogen-bond acceptors (Lipinski definition) is 8. The molecule has 0 aliphatic carbocycles. The molecule has 9 heteroatoms. The van der Waals surface area contributed by atoms with Crippen molar-refractivity contribution < 1.29 is 19.5 Å². The van der Waals surface area contributed by atoms with Crippen LogP contribution < -0.4 is 10.6 Å². The minimum atomic E-state index is -0.491. The number of amides is 1. The Balaban J connectivity index is 2.36. The van der Waals surface area contributed by atoms with E-state index in [2.05, 4.69) is 25.8 Å². The molecule has 0 unspecified atom stereocenters. The predicted octanol–water partition coefficient (Wildman–Crippen LogP) is -1.26. The minimum absolute atomic E-state index is 0.0319. The first kappa shape index (κ1) is 13.2. The number of aromatic nitrogens is 3. The number of fused-ring (bicyclic) bond motifs is 1. The van der Waals surface area contributed by atoms with E-state index in [1.54, 1.807) is 0 Å². The summed E-state index contributed by atoms with van der Waals surface area (Å²) in [6, 6.07) is 0. The van der Waals surface area contributed by atoms with Gasteiger partial charge in [-0.1, -0.05) is 5.16 Å². The van der Waals surface area contributed by atoms with Crippen molar-refractivity contribution >= 4 is 22.8 Å². The second kappa shape index (κ2) is 6.07. The zero-order chi connectivity index (χ0) is 13.7. The summed E-state index contributed by atoms with van der Waals surface area (Å²) < 4.78 is 4.94. The van der Waals surface area contributed by atoms with Gasteiger partial charge in [0, 0.05) is 13.1 Å². The van der Waals surface area contributed by atoms with Crippen molar-refractivity contribution in [3.8, 4) is 0 Å². The molecule has 19 heavy (non-hydrogen) atoms. The van der Waals surface area contributed by atoms with Crippen LogP contribution in [0.2, 0.25) is 0 Å². The van der Waals surface area contributed by atoms with Crippen LogP contribution in [-0.4, -0.2) is 57.5 Å². The number of nitrogens with one attached hydrogen (secondary N) is 2. The average molecular weight is 267 g/mol. The van der Waals surface area contributed by atoms with E-state index >= 15 is 0 Å². The zero-order valence-electron chi connectivity index (χ0n) is 9.96. The van der Waals surface area contributed by atoms with Gasteiger partial charge in [-0.05, 0) is 0 Å². The topological polar surface area (TPSA) is 133 Å². The molecule has 0 saturated carbocycles. The first-order valence-electron chi connectivity index (χ1n) is 5.62. The van der Waals surface area contributed by atoms with E-state index in [9.17, 15) is 4.79 Å². The molecule has 9 nitrogen and oxygen atoms in total. The Morgan fingerprint density at radius 2 is 2.05 bits per heavy atom. The van der Waals surface area contributed by atoms with Crippen LogP contribution in [0.15, 0.2) is 10.9 Å². The zero-order valence-corrected chi connectivity index (χ0v) is 9.96. The largest absolute Gasteiger partial charge is 0.395 e. The molecule has 2 aromatic heterocycles. The Hall–Kier alpha value is -2.26. The molecule has 0 aromatic carbocycles. The fourth-order valence-corrected chi connectivity index (χ4v) is 1.50. The molecule has 2 aromatic rings. The second-order valence-corrected chi connectivity index (χ2v) is 3.56. The SMILES string of the molecule is O=C(NCCO)c1noc2ncnc(NCCO)c12. The lowest BCUT2D eigenvalue weighted by Crippen LogP contribution is -2.27. The fraction of sp³-hybridized carbons (Fsp3) is 0.400. The predicted molar refractivity (Wildman–Crippen MR) is 64.6 cm³/mol. The molecule has 2 heterocycles. The smallest absolute Gasteiger partial charge is 0.274 e. The van der Waals surface area contributed by atoms with E-state index in [4.69, 9.17) is 14.7 Å². The highest BCUT2D eigenvalue weighted by atomic mass is 16.5. The molecule has 0 fully saturated rings. The maximum Gasteiger partial charge on any atom is 0.274 e. The molecule has 0 saturated heterocycles. The molecule has 0 aliphatic heterocycles. The van der Waals surface area contributed by atoms with Crippen LogP contribution in [0.1, 0.15) is 10.5 Å². The summed E-state index contributed by atoms with van der Waals surface area (Å²) in [5.41, 5.74) is 0.203. The van der Waals surface area contributed by atoms with Crippen molar-refractivity contribution in [3.05, 3.63) is 12.0 Å². The summed E-state index contributed by atoms with van der Waals surface area (Å²) in [5.74, 6) is -0.135. The van der Waals surface area contributed by atoms with Crippen LogP contribution in [0.3, 0.4) is 0 Å². The van der Waals surface area contributed by atoms with E-state index in [0.29, 0.717) is 11.2 Å². The van der Waals surface area contributed by atoms with E-state index in [-0.39, 0.29) is 37.7 Å². The highest BCUT2D eigenvalue weighted by Crippen LogP contribution is 2.22. The summed E-state index contributed by atoms with van der Waals surface area (Å²) >= 11 is 0. The van der Waals surface area contributed by atoms with Gasteiger partial charge in [0.25, 0.3) is 11.6 Å². The molecule has 0 radical (unpaired) electrons. The first-order valence-corrected chi connectivity index (χ1v) is 5.62. The Kier molecular flexibility index (Phi) is 4.21. The van der Waals surface area contributed by atoms with Crippen LogP contribution in [0.5, 0.6) is 0 Å². The van der Waals surface area contributed by atoms with Gasteiger partial charge in [-0.25, -0.2) is 4.98 Å². The van der Waals surface area contributed by atoms with Gasteiger partial charge in [-0.2, -0.15) is 4.98 Å². The molecule has 0 atom stereocenters. The van der Waals surface area contributed by atoms with E-state index < -0.39 is 5.91 Å². The normalized spacial score (nSPS) is 10.6. The number of nitrogens with zero attached hydrogens (tertiary/aromatic N) is 3. The second-order valence-electron chi connectivity index (χ2n) is 3.56. The standard InChI is InChI=1S/C10H13N5O4/c16-3-1-11-8-6-7(9(18)12-2-4-17)15-19-10(6)14-5-13-8/h5,16-17H,1-4H2,(H,12,18)(H,11,13,14). The Morgan fingerprint density at radius 3 is 2.79 bits per heavy atom. The molecule has 4 N–H and O–H groups in total. The van der Waals surface area contributed by atoms with Gasteiger partial charge in [-0.15, -0.1) is 0 Å². The number of carbonyl (C=O) groups is 1. The van der Waals surface area contributed by atoms with Gasteiger partial charge in [-0.3, -0.25) is 4.79 Å². The van der Waals surface area contributed by atoms with Crippen molar-refractivity contribution in [1.82, 2.24) is 20.4 Å². The highest BCUT2D eigenvalue weighted by molar-refractivity contribution is 6.06. The summed E-state index contributed by atoms with van der Waals surface area (Å²) in [6.07, 6.45) is 1.27. The number of aliphatic hydroxyl groups excluding tert-OH is 2. The van der Waals surface area contributed by atoms with Gasteiger partial charge < -0.3 is 25.4 Å². The number of carbonyl (C=O) groups excluding carboxylic acids is 1. The van der Waals surface area contributed by atoms with E-state index in [1.165, 1.54) is 6.33 Å². The molecule has 0 aliphatic rings. The lowest BCUT2D eigenvalue weighted by molar-refractivity contribution is 0.0937. The minimum Gasteiger partial charge on any atom is -0.395 e. The lowest BCUT2D eigenvalue weighted by Gasteiger charge is -2.04. The Morgan fingerprint density at radius 1 is 1.26 bits per heavy atom. The van der Waals surface area contributed by atoms with Crippen LogP contribution >= 0.6 is 0 Å². The number of aliphatic hydroxyl groups is 2. The summed E-state index contributed by atoms with van der Waals surface area (Å²) in [6.45, 7) is 0.131. The molecule has 1 amide bonds. The maximum absolute atomic E-state index is 11.8. The third-order valence-electron chi connectivity index (χ3n) is 2.29. The van der Waals surface area contributed by atoms with Gasteiger partial charge in [0.2, 0.25) is 0 Å². The van der Waals surface area contributed by atoms with Crippen molar-refractivity contribution in [2.45, 2.75) is 0 Å². The lowest BCUT2D eigenvalue weighted by atomic mass is 10.2. The van der Waals surface area contributed by atoms with Crippen LogP contribution in [0, 0.1) is 0 Å². The Labute approximate surface area is 107 Å². The quantitative estimate of drug-likeness (QED) is 0.510. The van der Waals surface area contributed by atoms with Crippen LogP contribution in [-0.2, 0) is 0 Å². The number of hydrogen-bond donors (Lipinski definition) is 4. The Bertz CT molecular complexity index is 570. The monoisotopic (exact) mass is 267 g/mol. The highest BCUT2D eigenvalue weighted by Gasteiger charge is 2.20. The molecule has 0 bridgehead atoms. The molecular formula is C10H13N5O4. The third-order valence-corrected chi connectivity index (χ3v) is 2.29. The number of anilines is 1. The van der Waals surface area contributed by atoms with Crippen molar-refractivity contribution in [2.24, 2.45) is 0 Å². The van der Waals surface area contributed by atoms with Gasteiger partial charge >= 0.3 is 0 Å². The van der Waals surface area contributed by atoms with Crippen LogP contribution in [0.25, 0.3) is 11.1 Å². The van der Waals surface area contributed by atoms with Crippen molar-refractivity contribution in [2.75, 3.05) is 31.6 Å². The van der Waals surface area contributed by atoms with Crippen LogP contribution in [0.4, 0.5) is 5.82 Å². The third kappa shape index (κ3) is 2.77. The van der Waals surface area contributed by atoms with Gasteiger partial charge in [0.05, 0.1) is 13.2 Å². The molecular weight excluding hydrogens is 254 g/mol. The van der Waals surface area contributed by atoms with Gasteiger partial charge in [0.1, 0.15) is 17.5 Å². The fourth-order valence-electron chi connectivity index (χ4n) is 1.50. The summed E-state index contributed by atoms with van der Waals surface area (Å²) in [4.78, 5) is 19.7. The molecule has 102 valence electrons. The summed E-state index contributed by atoms with van der Waals surface area (Å²) in [5, 5.41) is 26.8. The maximum atomic E-state index is 11.8. The molecule has 0 spiro atoms. The average Bonchev–Trinajstić information content (AvgIpc) is 2.87. The number of rotatable bonds is 6. The van der Waals surface area contributed by atoms with Gasteiger partial charge in [0.15, 0.2) is 5.69 Å².